The molecule has 0 radical (unpaired) electrons. The van der Waals surface area contributed by atoms with Gasteiger partial charge in [-0.3, -0.25) is 4.79 Å². The van der Waals surface area contributed by atoms with Gasteiger partial charge in [0, 0.05) is 19.2 Å². The Balaban J connectivity index is 3.22. The van der Waals surface area contributed by atoms with Gasteiger partial charge in [-0.15, -0.1) is 0 Å². The summed E-state index contributed by atoms with van der Waals surface area (Å²) in [7, 11) is -0.964. The molecule has 0 heterocycles. The molecule has 0 unspecified atom stereocenters. The summed E-state index contributed by atoms with van der Waals surface area (Å²) in [5.41, 5.74) is 0. The smallest absolute Gasteiger partial charge is 0.216 e. The molecular formula is C7H17NOSSi. The Morgan fingerprint density at radius 1 is 1.45 bits per heavy atom. The maximum atomic E-state index is 10.5. The van der Waals surface area contributed by atoms with Gasteiger partial charge in [-0.1, -0.05) is 19.6 Å². The van der Waals surface area contributed by atoms with Crippen LogP contribution in [0.25, 0.3) is 0 Å². The minimum atomic E-state index is -0.964. The summed E-state index contributed by atoms with van der Waals surface area (Å²) in [6.45, 7) is 9.30. The summed E-state index contributed by atoms with van der Waals surface area (Å²) in [6, 6.07) is 0. The summed E-state index contributed by atoms with van der Waals surface area (Å²) in [5, 5.41) is 2.78. The van der Waals surface area contributed by atoms with Gasteiger partial charge < -0.3 is 5.32 Å². The molecule has 0 fully saturated rings. The Morgan fingerprint density at radius 2 is 2.00 bits per heavy atom. The third-order valence-electron chi connectivity index (χ3n) is 1.01. The van der Waals surface area contributed by atoms with Gasteiger partial charge in [0.15, 0.2) is 0 Å². The van der Waals surface area contributed by atoms with Gasteiger partial charge in [-0.05, 0) is 0 Å². The molecule has 0 rings (SSSR count). The van der Waals surface area contributed by atoms with Crippen LogP contribution in [0.1, 0.15) is 6.92 Å². The molecule has 0 aliphatic rings. The first-order valence-electron chi connectivity index (χ1n) is 3.80. The standard InChI is InChI=1S/C7H17NOSSi/c1-7(9)8-5-6-10-11(2,3)4/h5-6H2,1-4H3,(H,8,9). The number of nitrogens with one attached hydrogen (secondary N) is 1. The summed E-state index contributed by atoms with van der Waals surface area (Å²) >= 11 is 2.00. The van der Waals surface area contributed by atoms with Crippen LogP contribution in [0.2, 0.25) is 19.6 Å². The molecule has 66 valence electrons. The van der Waals surface area contributed by atoms with Crippen LogP contribution in [-0.2, 0) is 4.79 Å². The van der Waals surface area contributed by atoms with Gasteiger partial charge in [0.1, 0.15) is 7.22 Å². The summed E-state index contributed by atoms with van der Waals surface area (Å²) in [6.07, 6.45) is 0. The van der Waals surface area contributed by atoms with E-state index in [2.05, 4.69) is 25.0 Å². The summed E-state index contributed by atoms with van der Waals surface area (Å²) < 4.78 is 0. The number of hydrogen-bond donors (Lipinski definition) is 1. The van der Waals surface area contributed by atoms with Crippen LogP contribution in [0, 0.1) is 0 Å². The van der Waals surface area contributed by atoms with Crippen molar-refractivity contribution in [2.24, 2.45) is 0 Å². The van der Waals surface area contributed by atoms with Gasteiger partial charge in [-0.25, -0.2) is 0 Å². The van der Waals surface area contributed by atoms with E-state index < -0.39 is 7.22 Å². The highest BCUT2D eigenvalue weighted by Crippen LogP contribution is 2.17. The fraction of sp³-hybridized carbons (Fsp3) is 0.857. The van der Waals surface area contributed by atoms with E-state index in [0.29, 0.717) is 0 Å². The van der Waals surface area contributed by atoms with Crippen LogP contribution in [0.5, 0.6) is 0 Å². The van der Waals surface area contributed by atoms with Crippen LogP contribution < -0.4 is 5.32 Å². The Hall–Kier alpha value is 0.0369. The first-order valence-corrected chi connectivity index (χ1v) is 9.01. The molecule has 0 aliphatic heterocycles. The normalized spacial score (nSPS) is 11.3. The zero-order valence-corrected chi connectivity index (χ0v) is 9.55. The predicted molar refractivity (Wildman–Crippen MR) is 54.5 cm³/mol. The Kier molecular flexibility index (Phi) is 4.84. The Labute approximate surface area is 73.8 Å². The van der Waals surface area contributed by atoms with Crippen molar-refractivity contribution in [1.29, 1.82) is 0 Å². The molecule has 1 N–H and O–H groups in total. The van der Waals surface area contributed by atoms with Crippen molar-refractivity contribution in [3.8, 4) is 0 Å². The zero-order valence-electron chi connectivity index (χ0n) is 7.73. The van der Waals surface area contributed by atoms with E-state index in [0.717, 1.165) is 12.3 Å². The molecule has 0 aromatic heterocycles. The minimum Gasteiger partial charge on any atom is -0.356 e. The second-order valence-corrected chi connectivity index (χ2v) is 12.9. The third kappa shape index (κ3) is 10.0. The quantitative estimate of drug-likeness (QED) is 0.541. The van der Waals surface area contributed by atoms with Crippen molar-refractivity contribution in [3.63, 3.8) is 0 Å². The maximum Gasteiger partial charge on any atom is 0.216 e. The van der Waals surface area contributed by atoms with E-state index >= 15 is 0 Å². The fourth-order valence-electron chi connectivity index (χ4n) is 0.584. The molecule has 0 bridgehead atoms. The van der Waals surface area contributed by atoms with E-state index in [1.54, 1.807) is 6.92 Å². The Bertz CT molecular complexity index is 133. The highest BCUT2D eigenvalue weighted by atomic mass is 32.4. The topological polar surface area (TPSA) is 29.1 Å². The fourth-order valence-corrected chi connectivity index (χ4v) is 3.54. The van der Waals surface area contributed by atoms with E-state index in [1.807, 2.05) is 11.2 Å². The lowest BCUT2D eigenvalue weighted by atomic mass is 10.6. The lowest BCUT2D eigenvalue weighted by Crippen LogP contribution is -2.25. The molecule has 0 saturated heterocycles. The van der Waals surface area contributed by atoms with E-state index in [-0.39, 0.29) is 5.91 Å². The van der Waals surface area contributed by atoms with E-state index in [1.165, 1.54) is 0 Å². The molecule has 0 aliphatic carbocycles. The first kappa shape index (κ1) is 11.0. The molecule has 2 nitrogen and oxygen atoms in total. The van der Waals surface area contributed by atoms with Crippen LogP contribution in [0.3, 0.4) is 0 Å². The molecular weight excluding hydrogens is 174 g/mol. The minimum absolute atomic E-state index is 0.0705. The van der Waals surface area contributed by atoms with Crippen molar-refractivity contribution < 1.29 is 4.79 Å². The molecule has 0 spiro atoms. The van der Waals surface area contributed by atoms with Crippen molar-refractivity contribution in [3.05, 3.63) is 0 Å². The van der Waals surface area contributed by atoms with E-state index in [9.17, 15) is 4.79 Å². The van der Waals surface area contributed by atoms with Crippen molar-refractivity contribution in [2.75, 3.05) is 12.3 Å². The van der Waals surface area contributed by atoms with Gasteiger partial charge in [0.25, 0.3) is 0 Å². The van der Waals surface area contributed by atoms with Gasteiger partial charge in [0.05, 0.1) is 0 Å². The van der Waals surface area contributed by atoms with Gasteiger partial charge >= 0.3 is 0 Å². The zero-order chi connectivity index (χ0) is 8.91. The van der Waals surface area contributed by atoms with Crippen molar-refractivity contribution in [1.82, 2.24) is 5.32 Å². The maximum absolute atomic E-state index is 10.5. The lowest BCUT2D eigenvalue weighted by molar-refractivity contribution is -0.118. The largest absolute Gasteiger partial charge is 0.356 e. The van der Waals surface area contributed by atoms with Gasteiger partial charge in [-0.2, -0.15) is 11.2 Å². The van der Waals surface area contributed by atoms with Crippen LogP contribution in [-0.4, -0.2) is 25.4 Å². The number of amides is 1. The first-order chi connectivity index (χ1) is 4.92. The molecule has 0 atom stereocenters. The molecule has 1 amide bonds. The molecule has 4 heteroatoms. The molecule has 0 aromatic carbocycles. The molecule has 0 saturated carbocycles. The second kappa shape index (κ2) is 4.82. The van der Waals surface area contributed by atoms with Gasteiger partial charge in [0.2, 0.25) is 5.91 Å². The van der Waals surface area contributed by atoms with E-state index in [4.69, 9.17) is 0 Å². The summed E-state index contributed by atoms with van der Waals surface area (Å²) in [4.78, 5) is 10.5. The molecule has 11 heavy (non-hydrogen) atoms. The van der Waals surface area contributed by atoms with Crippen LogP contribution >= 0.6 is 11.2 Å². The monoisotopic (exact) mass is 191 g/mol. The van der Waals surface area contributed by atoms with Crippen LogP contribution in [0.4, 0.5) is 0 Å². The highest BCUT2D eigenvalue weighted by Gasteiger charge is 2.12. The average molecular weight is 191 g/mol. The number of carbonyl (C=O) groups excluding carboxylic acids is 1. The SMILES string of the molecule is CC(=O)NCCS[Si](C)(C)C. The van der Waals surface area contributed by atoms with Crippen LogP contribution in [0.15, 0.2) is 0 Å². The highest BCUT2D eigenvalue weighted by molar-refractivity contribution is 8.28. The Morgan fingerprint density at radius 3 is 2.36 bits per heavy atom. The molecule has 0 aromatic rings. The number of rotatable bonds is 4. The van der Waals surface area contributed by atoms with Crippen molar-refractivity contribution in [2.45, 2.75) is 26.6 Å². The second-order valence-electron chi connectivity index (χ2n) is 3.44. The number of hydrogen-bond acceptors (Lipinski definition) is 2. The summed E-state index contributed by atoms with van der Waals surface area (Å²) in [5.74, 6) is 1.12. The average Bonchev–Trinajstić information content (AvgIpc) is 1.78. The number of carbonyl (C=O) groups is 1. The van der Waals surface area contributed by atoms with Crippen molar-refractivity contribution >= 4 is 24.3 Å². The predicted octanol–water partition coefficient (Wildman–Crippen LogP) is 1.69. The third-order valence-corrected chi connectivity index (χ3v) is 5.50. The lowest BCUT2D eigenvalue weighted by Gasteiger charge is -2.14.